The van der Waals surface area contributed by atoms with Crippen LogP contribution in [0.4, 0.5) is 0 Å². The van der Waals surface area contributed by atoms with Crippen molar-refractivity contribution in [3.05, 3.63) is 11.7 Å². The van der Waals surface area contributed by atoms with Gasteiger partial charge in [-0.05, 0) is 26.3 Å². The fourth-order valence-electron chi connectivity index (χ4n) is 2.09. The summed E-state index contributed by atoms with van der Waals surface area (Å²) < 4.78 is 11.0. The van der Waals surface area contributed by atoms with E-state index in [4.69, 9.17) is 9.26 Å². The van der Waals surface area contributed by atoms with Gasteiger partial charge in [-0.1, -0.05) is 32.3 Å². The van der Waals surface area contributed by atoms with Crippen molar-refractivity contribution in [2.24, 2.45) is 0 Å². The molecule has 2 unspecified atom stereocenters. The Morgan fingerprint density at radius 3 is 2.63 bits per heavy atom. The predicted octanol–water partition coefficient (Wildman–Crippen LogP) is 2.88. The van der Waals surface area contributed by atoms with Gasteiger partial charge in [0.25, 0.3) is 0 Å². The highest BCUT2D eigenvalue weighted by Crippen LogP contribution is 2.20. The van der Waals surface area contributed by atoms with Gasteiger partial charge in [0.05, 0.1) is 0 Å². The molecule has 0 spiro atoms. The van der Waals surface area contributed by atoms with Gasteiger partial charge < -0.3 is 14.6 Å². The summed E-state index contributed by atoms with van der Waals surface area (Å²) in [6.07, 6.45) is 3.77. The quantitative estimate of drug-likeness (QED) is 0.707. The highest BCUT2D eigenvalue weighted by atomic mass is 16.5. The van der Waals surface area contributed by atoms with Crippen LogP contribution in [0.15, 0.2) is 4.52 Å². The third-order valence-corrected chi connectivity index (χ3v) is 3.10. The van der Waals surface area contributed by atoms with E-state index in [0.29, 0.717) is 24.4 Å². The first-order chi connectivity index (χ1) is 9.24. The molecule has 5 nitrogen and oxygen atoms in total. The molecule has 110 valence electrons. The van der Waals surface area contributed by atoms with E-state index in [9.17, 15) is 0 Å². The summed E-state index contributed by atoms with van der Waals surface area (Å²) in [6, 6.07) is 0.398. The molecule has 0 saturated carbocycles. The number of rotatable bonds is 10. The summed E-state index contributed by atoms with van der Waals surface area (Å²) in [6.45, 7) is 10.0. The molecule has 1 aromatic rings. The smallest absolute Gasteiger partial charge is 0.228 e. The fourth-order valence-corrected chi connectivity index (χ4v) is 2.09. The highest BCUT2D eigenvalue weighted by Gasteiger charge is 2.19. The molecule has 0 amide bonds. The van der Waals surface area contributed by atoms with Crippen molar-refractivity contribution in [3.8, 4) is 0 Å². The Morgan fingerprint density at radius 2 is 2.05 bits per heavy atom. The van der Waals surface area contributed by atoms with Crippen LogP contribution in [-0.2, 0) is 11.2 Å². The lowest BCUT2D eigenvalue weighted by molar-refractivity contribution is 0.0477. The van der Waals surface area contributed by atoms with Crippen LogP contribution in [0.5, 0.6) is 0 Å². The van der Waals surface area contributed by atoms with Crippen molar-refractivity contribution in [2.75, 3.05) is 13.2 Å². The molecule has 1 heterocycles. The molecule has 0 radical (unpaired) electrons. The van der Waals surface area contributed by atoms with Gasteiger partial charge in [0.15, 0.2) is 0 Å². The third kappa shape index (κ3) is 5.28. The van der Waals surface area contributed by atoms with Crippen molar-refractivity contribution >= 4 is 0 Å². The van der Waals surface area contributed by atoms with Crippen LogP contribution in [0.1, 0.15) is 64.8 Å². The van der Waals surface area contributed by atoms with E-state index in [2.05, 4.69) is 36.2 Å². The first-order valence-corrected chi connectivity index (χ1v) is 7.42. The lowest BCUT2D eigenvalue weighted by Gasteiger charge is -2.13. The number of hydrogen-bond acceptors (Lipinski definition) is 5. The lowest BCUT2D eigenvalue weighted by Crippen LogP contribution is -2.30. The van der Waals surface area contributed by atoms with E-state index in [1.54, 1.807) is 0 Å². The van der Waals surface area contributed by atoms with Gasteiger partial charge >= 0.3 is 0 Å². The standard InChI is InChI=1S/C14H27N3O2/c1-5-9-12(18-8-4)14-16-13(19-17-14)10-11(6-2)15-7-3/h11-12,15H,5-10H2,1-4H3. The summed E-state index contributed by atoms with van der Waals surface area (Å²) in [5, 5.41) is 7.47. The molecule has 0 aliphatic heterocycles. The molecule has 0 bridgehead atoms. The van der Waals surface area contributed by atoms with Crippen LogP contribution in [0, 0.1) is 0 Å². The molecular weight excluding hydrogens is 242 g/mol. The molecule has 0 fully saturated rings. The zero-order chi connectivity index (χ0) is 14.1. The van der Waals surface area contributed by atoms with Crippen molar-refractivity contribution in [1.29, 1.82) is 0 Å². The number of aromatic nitrogens is 2. The number of nitrogens with zero attached hydrogens (tertiary/aromatic N) is 2. The zero-order valence-corrected chi connectivity index (χ0v) is 12.6. The molecule has 0 aliphatic rings. The zero-order valence-electron chi connectivity index (χ0n) is 12.6. The van der Waals surface area contributed by atoms with Gasteiger partial charge in [0, 0.05) is 19.1 Å². The molecule has 1 rings (SSSR count). The molecular formula is C14H27N3O2. The summed E-state index contributed by atoms with van der Waals surface area (Å²) in [5.74, 6) is 1.38. The topological polar surface area (TPSA) is 60.2 Å². The van der Waals surface area contributed by atoms with E-state index in [1.165, 1.54) is 0 Å². The molecule has 0 aliphatic carbocycles. The lowest BCUT2D eigenvalue weighted by atomic mass is 10.1. The molecule has 0 saturated heterocycles. The first kappa shape index (κ1) is 16.1. The van der Waals surface area contributed by atoms with Crippen LogP contribution < -0.4 is 5.32 Å². The van der Waals surface area contributed by atoms with E-state index in [-0.39, 0.29) is 6.10 Å². The van der Waals surface area contributed by atoms with Crippen LogP contribution in [0.2, 0.25) is 0 Å². The van der Waals surface area contributed by atoms with Crippen LogP contribution >= 0.6 is 0 Å². The Bertz CT molecular complexity index is 335. The predicted molar refractivity (Wildman–Crippen MR) is 75.0 cm³/mol. The van der Waals surface area contributed by atoms with E-state index < -0.39 is 0 Å². The molecule has 1 N–H and O–H groups in total. The van der Waals surface area contributed by atoms with Crippen molar-refractivity contribution in [2.45, 2.75) is 65.5 Å². The van der Waals surface area contributed by atoms with Gasteiger partial charge in [0.2, 0.25) is 11.7 Å². The summed E-state index contributed by atoms with van der Waals surface area (Å²) in [7, 11) is 0. The number of likely N-dealkylation sites (N-methyl/N-ethyl adjacent to an activating group) is 1. The minimum absolute atomic E-state index is 0.0355. The van der Waals surface area contributed by atoms with E-state index >= 15 is 0 Å². The van der Waals surface area contributed by atoms with E-state index in [1.807, 2.05) is 6.92 Å². The number of hydrogen-bond donors (Lipinski definition) is 1. The normalized spacial score (nSPS) is 14.5. The monoisotopic (exact) mass is 269 g/mol. The second-order valence-corrected chi connectivity index (χ2v) is 4.65. The van der Waals surface area contributed by atoms with Crippen molar-refractivity contribution < 1.29 is 9.26 Å². The maximum atomic E-state index is 5.66. The van der Waals surface area contributed by atoms with Gasteiger partial charge in [-0.15, -0.1) is 0 Å². The molecule has 1 aromatic heterocycles. The minimum Gasteiger partial charge on any atom is -0.370 e. The number of ether oxygens (including phenoxy) is 1. The first-order valence-electron chi connectivity index (χ1n) is 7.42. The molecule has 19 heavy (non-hydrogen) atoms. The summed E-state index contributed by atoms with van der Waals surface area (Å²) >= 11 is 0. The number of nitrogens with one attached hydrogen (secondary N) is 1. The van der Waals surface area contributed by atoms with Crippen molar-refractivity contribution in [1.82, 2.24) is 15.5 Å². The summed E-state index contributed by atoms with van der Waals surface area (Å²) in [4.78, 5) is 4.48. The van der Waals surface area contributed by atoms with Gasteiger partial charge in [-0.25, -0.2) is 0 Å². The Hall–Kier alpha value is -0.940. The van der Waals surface area contributed by atoms with Crippen molar-refractivity contribution in [3.63, 3.8) is 0 Å². The molecule has 0 aromatic carbocycles. The van der Waals surface area contributed by atoms with Crippen LogP contribution in [0.25, 0.3) is 0 Å². The summed E-state index contributed by atoms with van der Waals surface area (Å²) in [5.41, 5.74) is 0. The Balaban J connectivity index is 2.63. The second-order valence-electron chi connectivity index (χ2n) is 4.65. The van der Waals surface area contributed by atoms with Gasteiger partial charge in [0.1, 0.15) is 6.10 Å². The SMILES string of the molecule is CCCC(OCC)c1noc(CC(CC)NCC)n1. The van der Waals surface area contributed by atoms with Gasteiger partial charge in [-0.2, -0.15) is 4.98 Å². The Kier molecular flexibility index (Phi) is 7.67. The van der Waals surface area contributed by atoms with E-state index in [0.717, 1.165) is 32.2 Å². The maximum absolute atomic E-state index is 5.66. The molecule has 2 atom stereocenters. The molecule has 5 heteroatoms. The van der Waals surface area contributed by atoms with Crippen LogP contribution in [0.3, 0.4) is 0 Å². The average Bonchev–Trinajstić information content (AvgIpc) is 2.86. The minimum atomic E-state index is -0.0355. The highest BCUT2D eigenvalue weighted by molar-refractivity contribution is 4.93. The Labute approximate surface area is 116 Å². The third-order valence-electron chi connectivity index (χ3n) is 3.10. The second kappa shape index (κ2) is 9.04. The average molecular weight is 269 g/mol. The Morgan fingerprint density at radius 1 is 1.26 bits per heavy atom. The van der Waals surface area contributed by atoms with Crippen LogP contribution in [-0.4, -0.2) is 29.3 Å². The largest absolute Gasteiger partial charge is 0.370 e. The fraction of sp³-hybridized carbons (Fsp3) is 0.857. The maximum Gasteiger partial charge on any atom is 0.228 e. The van der Waals surface area contributed by atoms with Gasteiger partial charge in [-0.3, -0.25) is 0 Å².